The molecule has 0 heteroatoms. The van der Waals surface area contributed by atoms with Gasteiger partial charge in [-0.05, 0) is 58.4 Å². The fourth-order valence-corrected chi connectivity index (χ4v) is 4.64. The predicted octanol–water partition coefficient (Wildman–Crippen LogP) is 5.50. The molecule has 1 saturated carbocycles. The standard InChI is InChI=1S/C22H19/c1-3-8-17-15(6-1)12-13-21(17)20-11-5-10-19-18-9-4-2-7-16(18)14-22(19)20/h1-11,14-15,17,21H,12-13H2. The van der Waals surface area contributed by atoms with Gasteiger partial charge in [0.25, 0.3) is 0 Å². The average Bonchev–Trinajstić information content (AvgIpc) is 3.16. The van der Waals surface area contributed by atoms with Crippen LogP contribution in [-0.2, 0) is 0 Å². The largest absolute Gasteiger partial charge is 0.0808 e. The molecule has 0 aliphatic heterocycles. The molecule has 5 rings (SSSR count). The van der Waals surface area contributed by atoms with Crippen molar-refractivity contribution in [2.45, 2.75) is 18.8 Å². The first-order valence-electron chi connectivity index (χ1n) is 8.34. The molecule has 0 nitrogen and oxygen atoms in total. The molecule has 0 amide bonds. The van der Waals surface area contributed by atoms with Crippen molar-refractivity contribution < 1.29 is 0 Å². The minimum Gasteiger partial charge on any atom is -0.0808 e. The zero-order valence-electron chi connectivity index (χ0n) is 12.6. The first kappa shape index (κ1) is 12.5. The van der Waals surface area contributed by atoms with Gasteiger partial charge in [0, 0.05) is 6.42 Å². The number of hydrogen-bond acceptors (Lipinski definition) is 0. The van der Waals surface area contributed by atoms with Gasteiger partial charge in [-0.2, -0.15) is 0 Å². The van der Waals surface area contributed by atoms with Crippen LogP contribution in [0.4, 0.5) is 0 Å². The Morgan fingerprint density at radius 1 is 0.773 bits per heavy atom. The molecule has 0 N–H and O–H groups in total. The van der Waals surface area contributed by atoms with Gasteiger partial charge in [-0.15, -0.1) is 0 Å². The third-order valence-electron chi connectivity index (χ3n) is 5.66. The Morgan fingerprint density at radius 2 is 1.64 bits per heavy atom. The topological polar surface area (TPSA) is 0 Å². The average molecular weight is 283 g/mol. The maximum Gasteiger partial charge on any atom is 0.0214 e. The molecule has 0 bridgehead atoms. The summed E-state index contributed by atoms with van der Waals surface area (Å²) in [7, 11) is 0. The highest BCUT2D eigenvalue weighted by Gasteiger charge is 2.36. The third kappa shape index (κ3) is 1.70. The molecule has 2 aromatic carbocycles. The Kier molecular flexibility index (Phi) is 2.67. The van der Waals surface area contributed by atoms with Gasteiger partial charge in [-0.25, -0.2) is 0 Å². The predicted molar refractivity (Wildman–Crippen MR) is 91.6 cm³/mol. The molecular formula is C22H19. The van der Waals surface area contributed by atoms with Crippen molar-refractivity contribution in [2.75, 3.05) is 0 Å². The van der Waals surface area contributed by atoms with Gasteiger partial charge in [0.05, 0.1) is 0 Å². The van der Waals surface area contributed by atoms with E-state index in [2.05, 4.69) is 73.2 Å². The normalized spacial score (nSPS) is 27.5. The van der Waals surface area contributed by atoms with E-state index in [0.29, 0.717) is 11.8 Å². The second-order valence-electron chi connectivity index (χ2n) is 6.73. The van der Waals surface area contributed by atoms with Crippen LogP contribution in [0.15, 0.2) is 66.8 Å². The van der Waals surface area contributed by atoms with Gasteiger partial charge in [-0.3, -0.25) is 0 Å². The van der Waals surface area contributed by atoms with Gasteiger partial charge in [0.2, 0.25) is 0 Å². The Labute approximate surface area is 132 Å². The lowest BCUT2D eigenvalue weighted by atomic mass is 9.80. The molecule has 0 heterocycles. The molecule has 22 heavy (non-hydrogen) atoms. The van der Waals surface area contributed by atoms with Crippen LogP contribution < -0.4 is 0 Å². The molecule has 3 atom stereocenters. The summed E-state index contributed by atoms with van der Waals surface area (Å²) < 4.78 is 0. The van der Waals surface area contributed by atoms with Gasteiger partial charge >= 0.3 is 0 Å². The second kappa shape index (κ2) is 4.71. The number of benzene rings is 2. The van der Waals surface area contributed by atoms with E-state index >= 15 is 0 Å². The van der Waals surface area contributed by atoms with Crippen LogP contribution >= 0.6 is 0 Å². The van der Waals surface area contributed by atoms with Gasteiger partial charge < -0.3 is 0 Å². The van der Waals surface area contributed by atoms with Crippen molar-refractivity contribution in [1.82, 2.24) is 0 Å². The zero-order valence-corrected chi connectivity index (χ0v) is 12.6. The second-order valence-corrected chi connectivity index (χ2v) is 6.73. The number of hydrogen-bond donors (Lipinski definition) is 0. The van der Waals surface area contributed by atoms with Crippen LogP contribution in [-0.4, -0.2) is 0 Å². The van der Waals surface area contributed by atoms with E-state index in [1.807, 2.05) is 0 Å². The molecule has 3 aliphatic carbocycles. The fraction of sp³-hybridized carbons (Fsp3) is 0.227. The van der Waals surface area contributed by atoms with Gasteiger partial charge in [0.15, 0.2) is 0 Å². The molecule has 2 aromatic rings. The highest BCUT2D eigenvalue weighted by molar-refractivity contribution is 5.82. The molecule has 107 valence electrons. The molecule has 1 radical (unpaired) electrons. The fourth-order valence-electron chi connectivity index (χ4n) is 4.64. The summed E-state index contributed by atoms with van der Waals surface area (Å²) in [6.07, 6.45) is 14.3. The molecule has 0 aromatic heterocycles. The highest BCUT2D eigenvalue weighted by Crippen LogP contribution is 2.50. The summed E-state index contributed by atoms with van der Waals surface area (Å²) in [5, 5.41) is 0. The third-order valence-corrected chi connectivity index (χ3v) is 5.66. The van der Waals surface area contributed by atoms with E-state index in [1.54, 1.807) is 5.56 Å². The molecular weight excluding hydrogens is 264 g/mol. The highest BCUT2D eigenvalue weighted by atomic mass is 14.4. The Bertz CT molecular complexity index is 793. The van der Waals surface area contributed by atoms with Gasteiger partial charge in [0.1, 0.15) is 0 Å². The summed E-state index contributed by atoms with van der Waals surface area (Å²) in [6, 6.07) is 15.7. The van der Waals surface area contributed by atoms with Crippen LogP contribution in [0.25, 0.3) is 11.1 Å². The minimum absolute atomic E-state index is 0.673. The van der Waals surface area contributed by atoms with E-state index in [9.17, 15) is 0 Å². The monoisotopic (exact) mass is 283 g/mol. The van der Waals surface area contributed by atoms with E-state index in [0.717, 1.165) is 5.92 Å². The van der Waals surface area contributed by atoms with Crippen molar-refractivity contribution in [1.29, 1.82) is 0 Å². The summed E-state index contributed by atoms with van der Waals surface area (Å²) in [4.78, 5) is 0. The molecule has 3 aliphatic rings. The van der Waals surface area contributed by atoms with E-state index in [4.69, 9.17) is 0 Å². The first-order valence-corrected chi connectivity index (χ1v) is 8.34. The van der Waals surface area contributed by atoms with Crippen LogP contribution in [0, 0.1) is 18.3 Å². The van der Waals surface area contributed by atoms with Crippen molar-refractivity contribution in [2.24, 2.45) is 11.8 Å². The SMILES string of the molecule is [CH]1c2ccccc2-c2cccc(C3CCC4C=CC=CC43)c21. The van der Waals surface area contributed by atoms with Crippen LogP contribution in [0.2, 0.25) is 0 Å². The lowest BCUT2D eigenvalue weighted by Crippen LogP contribution is -2.12. The summed E-state index contributed by atoms with van der Waals surface area (Å²) in [5.74, 6) is 2.11. The Morgan fingerprint density at radius 3 is 2.64 bits per heavy atom. The van der Waals surface area contributed by atoms with Crippen molar-refractivity contribution >= 4 is 0 Å². The summed E-state index contributed by atoms with van der Waals surface area (Å²) in [5.41, 5.74) is 7.22. The first-order chi connectivity index (χ1) is 10.9. The quantitative estimate of drug-likeness (QED) is 0.553. The van der Waals surface area contributed by atoms with E-state index in [1.165, 1.54) is 35.1 Å². The lowest BCUT2D eigenvalue weighted by molar-refractivity contribution is 0.507. The summed E-state index contributed by atoms with van der Waals surface area (Å²) >= 11 is 0. The van der Waals surface area contributed by atoms with E-state index < -0.39 is 0 Å². The lowest BCUT2D eigenvalue weighted by Gasteiger charge is -2.24. The Balaban J connectivity index is 1.61. The van der Waals surface area contributed by atoms with Crippen molar-refractivity contribution in [3.63, 3.8) is 0 Å². The van der Waals surface area contributed by atoms with Crippen molar-refractivity contribution in [3.8, 4) is 11.1 Å². The van der Waals surface area contributed by atoms with Crippen LogP contribution in [0.5, 0.6) is 0 Å². The zero-order chi connectivity index (χ0) is 14.5. The maximum absolute atomic E-state index is 2.43. The smallest absolute Gasteiger partial charge is 0.0214 e. The van der Waals surface area contributed by atoms with Crippen molar-refractivity contribution in [3.05, 3.63) is 89.9 Å². The van der Waals surface area contributed by atoms with Crippen LogP contribution in [0.3, 0.4) is 0 Å². The minimum atomic E-state index is 0.673. The molecule has 3 unspecified atom stereocenters. The molecule has 1 fully saturated rings. The summed E-state index contributed by atoms with van der Waals surface area (Å²) in [6.45, 7) is 0. The van der Waals surface area contributed by atoms with E-state index in [-0.39, 0.29) is 0 Å². The number of fused-ring (bicyclic) bond motifs is 4. The molecule has 0 spiro atoms. The maximum atomic E-state index is 2.43. The van der Waals surface area contributed by atoms with Gasteiger partial charge in [-0.1, -0.05) is 66.8 Å². The Hall–Kier alpha value is -2.08. The number of rotatable bonds is 1. The number of allylic oxidation sites excluding steroid dienone is 4. The molecule has 0 saturated heterocycles. The van der Waals surface area contributed by atoms with Crippen LogP contribution in [0.1, 0.15) is 35.4 Å².